The molecule has 1 heterocycles. The maximum absolute atomic E-state index is 3.31. The third-order valence-corrected chi connectivity index (χ3v) is 3.19. The van der Waals surface area contributed by atoms with E-state index < -0.39 is 0 Å². The Hall–Kier alpha value is -0.0900. The fraction of sp³-hybridized carbons (Fsp3) is 0.778. The van der Waals surface area contributed by atoms with Crippen LogP contribution in [-0.4, -0.2) is 11.5 Å². The van der Waals surface area contributed by atoms with Gasteiger partial charge in [0.25, 0.3) is 0 Å². The van der Waals surface area contributed by atoms with Crippen molar-refractivity contribution >= 4 is 11.8 Å². The van der Waals surface area contributed by atoms with Crippen LogP contribution in [-0.2, 0) is 0 Å². The molecule has 0 nitrogen and oxygen atoms in total. The van der Waals surface area contributed by atoms with Crippen LogP contribution in [0.15, 0.2) is 0 Å². The van der Waals surface area contributed by atoms with Crippen LogP contribution in [0.3, 0.4) is 0 Å². The summed E-state index contributed by atoms with van der Waals surface area (Å²) in [4.78, 5) is 0. The van der Waals surface area contributed by atoms with Gasteiger partial charge in [-0.1, -0.05) is 19.8 Å². The molecule has 2 atom stereocenters. The Balaban J connectivity index is 2.40. The first-order valence-electron chi connectivity index (χ1n) is 3.90. The molecule has 0 spiro atoms. The summed E-state index contributed by atoms with van der Waals surface area (Å²) in [5, 5.41) is 0. The van der Waals surface area contributed by atoms with Crippen molar-refractivity contribution < 1.29 is 0 Å². The number of hydrogen-bond donors (Lipinski definition) is 0. The van der Waals surface area contributed by atoms with Crippen molar-refractivity contribution in [3.8, 4) is 11.8 Å². The highest BCUT2D eigenvalue weighted by Crippen LogP contribution is 2.28. The van der Waals surface area contributed by atoms with Gasteiger partial charge in [0, 0.05) is 18.1 Å². The molecule has 0 radical (unpaired) electrons. The highest BCUT2D eigenvalue weighted by Gasteiger charge is 2.21. The normalized spacial score (nSPS) is 31.4. The molecule has 2 unspecified atom stereocenters. The minimum Gasteiger partial charge on any atom is -0.160 e. The second-order valence-electron chi connectivity index (χ2n) is 2.80. The lowest BCUT2D eigenvalue weighted by Crippen LogP contribution is -2.05. The van der Waals surface area contributed by atoms with Crippen molar-refractivity contribution in [2.24, 2.45) is 11.8 Å². The second kappa shape index (κ2) is 3.93. The van der Waals surface area contributed by atoms with E-state index in [0.29, 0.717) is 5.92 Å². The first-order valence-corrected chi connectivity index (χ1v) is 5.06. The summed E-state index contributed by atoms with van der Waals surface area (Å²) in [5.41, 5.74) is 0. The summed E-state index contributed by atoms with van der Waals surface area (Å²) >= 11 is 2.04. The Morgan fingerprint density at radius 1 is 1.50 bits per heavy atom. The van der Waals surface area contributed by atoms with E-state index in [9.17, 15) is 0 Å². The first-order chi connectivity index (χ1) is 4.84. The van der Waals surface area contributed by atoms with E-state index in [2.05, 4.69) is 25.7 Å². The number of rotatable bonds is 0. The molecule has 10 heavy (non-hydrogen) atoms. The van der Waals surface area contributed by atoms with E-state index in [1.54, 1.807) is 0 Å². The summed E-state index contributed by atoms with van der Waals surface area (Å²) in [6.07, 6.45) is 1.01. The van der Waals surface area contributed by atoms with Crippen LogP contribution in [0.1, 0.15) is 20.3 Å². The fourth-order valence-corrected chi connectivity index (χ4v) is 2.48. The van der Waals surface area contributed by atoms with Crippen molar-refractivity contribution in [2.45, 2.75) is 20.3 Å². The summed E-state index contributed by atoms with van der Waals surface area (Å²) in [5.74, 6) is 10.5. The van der Waals surface area contributed by atoms with Crippen LogP contribution in [0.2, 0.25) is 0 Å². The van der Waals surface area contributed by atoms with E-state index in [0.717, 1.165) is 12.3 Å². The summed E-state index contributed by atoms with van der Waals surface area (Å²) < 4.78 is 0. The lowest BCUT2D eigenvalue weighted by Gasteiger charge is -2.03. The van der Waals surface area contributed by atoms with Gasteiger partial charge in [0.05, 0.1) is 0 Å². The van der Waals surface area contributed by atoms with E-state index in [-0.39, 0.29) is 0 Å². The smallest absolute Gasteiger partial charge is 0.0326 e. The van der Waals surface area contributed by atoms with E-state index in [1.165, 1.54) is 11.5 Å². The van der Waals surface area contributed by atoms with Crippen LogP contribution >= 0.6 is 11.8 Å². The highest BCUT2D eigenvalue weighted by atomic mass is 32.2. The number of thioether (sulfide) groups is 1. The highest BCUT2D eigenvalue weighted by molar-refractivity contribution is 7.99. The Morgan fingerprint density at radius 3 is 2.80 bits per heavy atom. The van der Waals surface area contributed by atoms with Crippen LogP contribution in [0.25, 0.3) is 0 Å². The van der Waals surface area contributed by atoms with Crippen molar-refractivity contribution in [1.29, 1.82) is 0 Å². The molecule has 1 fully saturated rings. The van der Waals surface area contributed by atoms with Gasteiger partial charge in [-0.05, 0) is 11.7 Å². The molecule has 0 saturated carbocycles. The Labute approximate surface area is 67.8 Å². The first kappa shape index (κ1) is 8.01. The van der Waals surface area contributed by atoms with Crippen molar-refractivity contribution in [1.82, 2.24) is 0 Å². The zero-order valence-corrected chi connectivity index (χ0v) is 7.50. The SMILES string of the molecule is CCC#CC1CSCC1C. The van der Waals surface area contributed by atoms with E-state index >= 15 is 0 Å². The maximum atomic E-state index is 3.31. The standard InChI is InChI=1S/C9H14S/c1-3-4-5-9-7-10-6-8(9)2/h8-9H,3,6-7H2,1-2H3. The zero-order chi connectivity index (χ0) is 7.40. The Bertz CT molecular complexity index is 152. The van der Waals surface area contributed by atoms with Gasteiger partial charge in [0.1, 0.15) is 0 Å². The molecular weight excluding hydrogens is 140 g/mol. The van der Waals surface area contributed by atoms with Gasteiger partial charge in [-0.15, -0.1) is 5.92 Å². The third kappa shape index (κ3) is 1.95. The molecule has 0 aromatic rings. The molecule has 1 rings (SSSR count). The lowest BCUT2D eigenvalue weighted by molar-refractivity contribution is 0.560. The maximum Gasteiger partial charge on any atom is 0.0326 e. The molecular formula is C9H14S. The van der Waals surface area contributed by atoms with Gasteiger partial charge in [-0.2, -0.15) is 11.8 Å². The molecule has 0 aliphatic carbocycles. The van der Waals surface area contributed by atoms with Crippen LogP contribution in [0, 0.1) is 23.7 Å². The molecule has 0 N–H and O–H groups in total. The molecule has 0 aromatic carbocycles. The predicted molar refractivity (Wildman–Crippen MR) is 48.0 cm³/mol. The zero-order valence-electron chi connectivity index (χ0n) is 6.68. The van der Waals surface area contributed by atoms with Crippen molar-refractivity contribution in [3.63, 3.8) is 0 Å². The molecule has 1 heteroatoms. The monoisotopic (exact) mass is 154 g/mol. The molecule has 0 amide bonds. The molecule has 0 aromatic heterocycles. The lowest BCUT2D eigenvalue weighted by atomic mass is 9.99. The molecule has 56 valence electrons. The fourth-order valence-electron chi connectivity index (χ4n) is 1.08. The summed E-state index contributed by atoms with van der Waals surface area (Å²) in [6.45, 7) is 4.41. The Morgan fingerprint density at radius 2 is 2.30 bits per heavy atom. The van der Waals surface area contributed by atoms with Gasteiger partial charge in [-0.25, -0.2) is 0 Å². The van der Waals surface area contributed by atoms with Crippen molar-refractivity contribution in [3.05, 3.63) is 0 Å². The van der Waals surface area contributed by atoms with Crippen LogP contribution in [0.5, 0.6) is 0 Å². The molecule has 0 bridgehead atoms. The summed E-state index contributed by atoms with van der Waals surface area (Å²) in [6, 6.07) is 0. The molecule has 1 saturated heterocycles. The van der Waals surface area contributed by atoms with E-state index in [4.69, 9.17) is 0 Å². The third-order valence-electron chi connectivity index (χ3n) is 1.83. The van der Waals surface area contributed by atoms with Gasteiger partial charge < -0.3 is 0 Å². The van der Waals surface area contributed by atoms with Gasteiger partial charge in [-0.3, -0.25) is 0 Å². The minimum atomic E-state index is 0.685. The second-order valence-corrected chi connectivity index (χ2v) is 3.87. The van der Waals surface area contributed by atoms with Crippen molar-refractivity contribution in [2.75, 3.05) is 11.5 Å². The predicted octanol–water partition coefficient (Wildman–Crippen LogP) is 2.40. The minimum absolute atomic E-state index is 0.685. The van der Waals surface area contributed by atoms with Gasteiger partial charge >= 0.3 is 0 Å². The van der Waals surface area contributed by atoms with Gasteiger partial charge in [0.15, 0.2) is 0 Å². The van der Waals surface area contributed by atoms with Gasteiger partial charge in [0.2, 0.25) is 0 Å². The molecule has 1 aliphatic heterocycles. The largest absolute Gasteiger partial charge is 0.160 e. The number of hydrogen-bond acceptors (Lipinski definition) is 1. The summed E-state index contributed by atoms with van der Waals surface area (Å²) in [7, 11) is 0. The Kier molecular flexibility index (Phi) is 3.15. The molecule has 1 aliphatic rings. The average Bonchev–Trinajstić information content (AvgIpc) is 2.31. The van der Waals surface area contributed by atoms with Crippen LogP contribution < -0.4 is 0 Å². The topological polar surface area (TPSA) is 0 Å². The quantitative estimate of drug-likeness (QED) is 0.483. The van der Waals surface area contributed by atoms with E-state index in [1.807, 2.05) is 11.8 Å². The van der Waals surface area contributed by atoms with Crippen LogP contribution in [0.4, 0.5) is 0 Å². The average molecular weight is 154 g/mol.